The van der Waals surface area contributed by atoms with Crippen molar-refractivity contribution in [2.45, 2.75) is 33.2 Å². The van der Waals surface area contributed by atoms with Crippen LogP contribution in [0.3, 0.4) is 0 Å². The summed E-state index contributed by atoms with van der Waals surface area (Å²) in [6.45, 7) is 6.14. The molecule has 6 nitrogen and oxygen atoms in total. The molecule has 1 aromatic rings. The smallest absolute Gasteiger partial charge is 0.253 e. The molecule has 0 unspecified atom stereocenters. The Morgan fingerprint density at radius 1 is 1.29 bits per heavy atom. The van der Waals surface area contributed by atoms with Gasteiger partial charge >= 0.3 is 0 Å². The van der Waals surface area contributed by atoms with Gasteiger partial charge < -0.3 is 14.6 Å². The molecule has 0 spiro atoms. The Labute approximate surface area is 124 Å². The maximum atomic E-state index is 11.8. The van der Waals surface area contributed by atoms with Gasteiger partial charge in [0, 0.05) is 25.9 Å². The normalized spacial score (nSPS) is 10.5. The van der Waals surface area contributed by atoms with Crippen molar-refractivity contribution in [1.29, 1.82) is 5.26 Å². The minimum absolute atomic E-state index is 0.127. The maximum Gasteiger partial charge on any atom is 0.253 e. The number of aryl methyl sites for hydroxylation is 1. The van der Waals surface area contributed by atoms with E-state index in [0.717, 1.165) is 24.0 Å². The fraction of sp³-hybridized carbons (Fsp3) is 0.600. The molecule has 0 bridgehead atoms. The molecule has 0 aromatic carbocycles. The van der Waals surface area contributed by atoms with Gasteiger partial charge in [0.1, 0.15) is 11.6 Å². The van der Waals surface area contributed by atoms with Crippen molar-refractivity contribution in [2.24, 2.45) is 0 Å². The number of nitriles is 1. The molecular formula is C15H22N2O4. The maximum absolute atomic E-state index is 11.8. The SMILES string of the molecule is CCCOCCCOCCn1c(O)c(C#N)c(C)cc1=O. The topological polar surface area (TPSA) is 84.5 Å². The molecule has 0 atom stereocenters. The van der Waals surface area contributed by atoms with Gasteiger partial charge in [-0.1, -0.05) is 6.92 Å². The summed E-state index contributed by atoms with van der Waals surface area (Å²) in [7, 11) is 0. The molecule has 0 saturated heterocycles. The van der Waals surface area contributed by atoms with Gasteiger partial charge in [-0.2, -0.15) is 5.26 Å². The van der Waals surface area contributed by atoms with Gasteiger partial charge in [-0.15, -0.1) is 0 Å². The predicted octanol–water partition coefficient (Wildman–Crippen LogP) is 1.57. The Hall–Kier alpha value is -1.84. The van der Waals surface area contributed by atoms with Gasteiger partial charge in [0.15, 0.2) is 0 Å². The molecule has 116 valence electrons. The highest BCUT2D eigenvalue weighted by Crippen LogP contribution is 2.16. The zero-order chi connectivity index (χ0) is 15.7. The fourth-order valence-electron chi connectivity index (χ4n) is 1.87. The zero-order valence-corrected chi connectivity index (χ0v) is 12.6. The van der Waals surface area contributed by atoms with Crippen molar-refractivity contribution in [3.8, 4) is 11.9 Å². The Bertz CT molecular complexity index is 546. The first-order valence-corrected chi connectivity index (χ1v) is 7.10. The van der Waals surface area contributed by atoms with E-state index in [0.29, 0.717) is 25.4 Å². The lowest BCUT2D eigenvalue weighted by Crippen LogP contribution is -2.23. The lowest BCUT2D eigenvalue weighted by Gasteiger charge is -2.11. The Kier molecular flexibility index (Phi) is 7.51. The summed E-state index contributed by atoms with van der Waals surface area (Å²) in [5.74, 6) is -0.294. The standard InChI is InChI=1S/C15H22N2O4/c1-3-6-20-7-4-8-21-9-5-17-14(18)10-12(2)13(11-16)15(17)19/h10,19H,3-9H2,1-2H3. The van der Waals surface area contributed by atoms with E-state index < -0.39 is 0 Å². The van der Waals surface area contributed by atoms with Crippen LogP contribution in [0.5, 0.6) is 5.88 Å². The molecule has 0 aliphatic rings. The van der Waals surface area contributed by atoms with E-state index in [-0.39, 0.29) is 23.5 Å². The molecule has 0 saturated carbocycles. The average Bonchev–Trinajstić information content (AvgIpc) is 2.45. The van der Waals surface area contributed by atoms with Crippen LogP contribution in [0.25, 0.3) is 0 Å². The largest absolute Gasteiger partial charge is 0.493 e. The molecule has 0 fully saturated rings. The summed E-state index contributed by atoms with van der Waals surface area (Å²) in [5.41, 5.74) is 0.270. The second-order valence-electron chi connectivity index (χ2n) is 4.71. The molecule has 1 rings (SSSR count). The lowest BCUT2D eigenvalue weighted by atomic mass is 10.1. The summed E-state index contributed by atoms with van der Waals surface area (Å²) in [5, 5.41) is 18.9. The van der Waals surface area contributed by atoms with Crippen molar-refractivity contribution in [1.82, 2.24) is 4.57 Å². The van der Waals surface area contributed by atoms with Crippen molar-refractivity contribution in [2.75, 3.05) is 26.4 Å². The Balaban J connectivity index is 2.43. The first kappa shape index (κ1) is 17.2. The molecule has 6 heteroatoms. The van der Waals surface area contributed by atoms with Crippen LogP contribution in [-0.2, 0) is 16.0 Å². The van der Waals surface area contributed by atoms with Crippen molar-refractivity contribution in [3.63, 3.8) is 0 Å². The zero-order valence-electron chi connectivity index (χ0n) is 12.6. The fourth-order valence-corrected chi connectivity index (χ4v) is 1.87. The van der Waals surface area contributed by atoms with Crippen LogP contribution in [0, 0.1) is 18.3 Å². The third-order valence-corrected chi connectivity index (χ3v) is 2.98. The van der Waals surface area contributed by atoms with E-state index in [1.54, 1.807) is 6.92 Å². The minimum atomic E-state index is -0.334. The van der Waals surface area contributed by atoms with Crippen LogP contribution in [0.15, 0.2) is 10.9 Å². The van der Waals surface area contributed by atoms with Gasteiger partial charge in [0.25, 0.3) is 5.56 Å². The number of ether oxygens (including phenoxy) is 2. The van der Waals surface area contributed by atoms with Gasteiger partial charge in [-0.05, 0) is 25.3 Å². The van der Waals surface area contributed by atoms with Gasteiger partial charge in [-0.3, -0.25) is 9.36 Å². The lowest BCUT2D eigenvalue weighted by molar-refractivity contribution is 0.0787. The van der Waals surface area contributed by atoms with E-state index in [1.807, 2.05) is 6.07 Å². The van der Waals surface area contributed by atoms with E-state index in [2.05, 4.69) is 6.92 Å². The first-order chi connectivity index (χ1) is 10.1. The monoisotopic (exact) mass is 294 g/mol. The number of hydrogen-bond donors (Lipinski definition) is 1. The molecule has 0 aliphatic carbocycles. The molecule has 0 radical (unpaired) electrons. The van der Waals surface area contributed by atoms with Crippen LogP contribution in [0.4, 0.5) is 0 Å². The third-order valence-electron chi connectivity index (χ3n) is 2.98. The number of hydrogen-bond acceptors (Lipinski definition) is 5. The number of aromatic hydroxyl groups is 1. The summed E-state index contributed by atoms with van der Waals surface area (Å²) >= 11 is 0. The van der Waals surface area contributed by atoms with Crippen molar-refractivity contribution < 1.29 is 14.6 Å². The van der Waals surface area contributed by atoms with Crippen LogP contribution in [0.1, 0.15) is 30.9 Å². The predicted molar refractivity (Wildman–Crippen MR) is 78.4 cm³/mol. The van der Waals surface area contributed by atoms with Crippen LogP contribution in [-0.4, -0.2) is 36.1 Å². The van der Waals surface area contributed by atoms with E-state index in [4.69, 9.17) is 14.7 Å². The highest BCUT2D eigenvalue weighted by molar-refractivity contribution is 5.43. The number of rotatable bonds is 9. The third kappa shape index (κ3) is 5.21. The molecule has 1 heterocycles. The van der Waals surface area contributed by atoms with Crippen LogP contribution < -0.4 is 5.56 Å². The summed E-state index contributed by atoms with van der Waals surface area (Å²) in [6, 6.07) is 3.24. The van der Waals surface area contributed by atoms with Gasteiger partial charge in [-0.25, -0.2) is 0 Å². The Morgan fingerprint density at radius 2 is 1.95 bits per heavy atom. The second kappa shape index (κ2) is 9.16. The second-order valence-corrected chi connectivity index (χ2v) is 4.71. The molecule has 21 heavy (non-hydrogen) atoms. The van der Waals surface area contributed by atoms with Crippen LogP contribution in [0.2, 0.25) is 0 Å². The average molecular weight is 294 g/mol. The number of nitrogens with zero attached hydrogens (tertiary/aromatic N) is 2. The first-order valence-electron chi connectivity index (χ1n) is 7.10. The van der Waals surface area contributed by atoms with Crippen molar-refractivity contribution in [3.05, 3.63) is 27.5 Å². The number of pyridine rings is 1. The van der Waals surface area contributed by atoms with Gasteiger partial charge in [0.05, 0.1) is 13.2 Å². The van der Waals surface area contributed by atoms with Crippen molar-refractivity contribution >= 4 is 0 Å². The van der Waals surface area contributed by atoms with E-state index >= 15 is 0 Å². The molecule has 1 aromatic heterocycles. The minimum Gasteiger partial charge on any atom is -0.493 e. The summed E-state index contributed by atoms with van der Waals surface area (Å²) < 4.78 is 11.9. The van der Waals surface area contributed by atoms with Crippen LogP contribution >= 0.6 is 0 Å². The highest BCUT2D eigenvalue weighted by atomic mass is 16.5. The van der Waals surface area contributed by atoms with E-state index in [9.17, 15) is 9.90 Å². The molecule has 0 amide bonds. The summed E-state index contributed by atoms with van der Waals surface area (Å²) in [6.07, 6.45) is 1.79. The van der Waals surface area contributed by atoms with E-state index in [1.165, 1.54) is 6.07 Å². The molecule has 1 N–H and O–H groups in total. The Morgan fingerprint density at radius 3 is 2.57 bits per heavy atom. The highest BCUT2D eigenvalue weighted by Gasteiger charge is 2.11. The summed E-state index contributed by atoms with van der Waals surface area (Å²) in [4.78, 5) is 11.8. The number of aromatic nitrogens is 1. The molecular weight excluding hydrogens is 272 g/mol. The van der Waals surface area contributed by atoms with Gasteiger partial charge in [0.2, 0.25) is 5.88 Å². The quantitative estimate of drug-likeness (QED) is 0.699. The molecule has 0 aliphatic heterocycles.